The summed E-state index contributed by atoms with van der Waals surface area (Å²) in [6.07, 6.45) is 0. The molecule has 0 aliphatic heterocycles. The minimum Gasteiger partial charge on any atom is -0.493 e. The molecule has 128 valence electrons. The topological polar surface area (TPSA) is 112 Å². The number of amides is 1. The van der Waals surface area contributed by atoms with Crippen molar-refractivity contribution in [3.05, 3.63) is 17.7 Å². The van der Waals surface area contributed by atoms with Crippen molar-refractivity contribution in [2.24, 2.45) is 7.05 Å². The predicted molar refractivity (Wildman–Crippen MR) is 88.6 cm³/mol. The van der Waals surface area contributed by atoms with Crippen molar-refractivity contribution in [2.75, 3.05) is 26.6 Å². The fourth-order valence-corrected chi connectivity index (χ4v) is 2.04. The molecule has 0 fully saturated rings. The zero-order valence-electron chi connectivity index (χ0n) is 13.5. The maximum Gasteiger partial charge on any atom is 0.269 e. The van der Waals surface area contributed by atoms with Gasteiger partial charge in [0.15, 0.2) is 16.6 Å². The zero-order chi connectivity index (χ0) is 17.7. The lowest BCUT2D eigenvalue weighted by Crippen LogP contribution is -2.34. The summed E-state index contributed by atoms with van der Waals surface area (Å²) >= 11 is 5.05. The molecule has 2 aromatic rings. The highest BCUT2D eigenvalue weighted by atomic mass is 32.1. The first-order valence-electron chi connectivity index (χ1n) is 6.64. The third-order valence-corrected chi connectivity index (χ3v) is 3.09. The number of carbonyl (C=O) groups excluding carboxylic acids is 1. The van der Waals surface area contributed by atoms with Crippen molar-refractivity contribution in [1.29, 1.82) is 0 Å². The standard InChI is InChI=1S/C13H16N6O4S/c1-19-17-12(16-18-19)15-13(24)14-11(20)7-5-8(21-2)10(23-4)9(6-7)22-3/h5-6H,1-4H3,(H2,14,15,17,20,24). The Balaban J connectivity index is 2.15. The highest BCUT2D eigenvalue weighted by molar-refractivity contribution is 7.80. The van der Waals surface area contributed by atoms with Gasteiger partial charge in [0, 0.05) is 5.56 Å². The number of carbonyl (C=O) groups is 1. The van der Waals surface area contributed by atoms with Crippen molar-refractivity contribution in [3.63, 3.8) is 0 Å². The highest BCUT2D eigenvalue weighted by Crippen LogP contribution is 2.38. The van der Waals surface area contributed by atoms with Crippen LogP contribution in [-0.2, 0) is 7.05 Å². The van der Waals surface area contributed by atoms with Crippen molar-refractivity contribution >= 4 is 29.2 Å². The van der Waals surface area contributed by atoms with E-state index in [1.165, 1.54) is 38.3 Å². The number of ether oxygens (including phenoxy) is 3. The third-order valence-electron chi connectivity index (χ3n) is 2.89. The molecule has 2 N–H and O–H groups in total. The predicted octanol–water partition coefficient (Wildman–Crippen LogP) is 0.363. The molecule has 24 heavy (non-hydrogen) atoms. The van der Waals surface area contributed by atoms with E-state index in [1.54, 1.807) is 7.05 Å². The number of tetrazole rings is 1. The van der Waals surface area contributed by atoms with E-state index in [2.05, 4.69) is 26.0 Å². The molecule has 2 rings (SSSR count). The number of thiocarbonyl (C=S) groups is 1. The number of rotatable bonds is 5. The molecule has 1 heterocycles. The number of benzene rings is 1. The molecule has 0 saturated carbocycles. The first-order valence-corrected chi connectivity index (χ1v) is 7.05. The summed E-state index contributed by atoms with van der Waals surface area (Å²) in [5, 5.41) is 16.4. The number of hydrogen-bond donors (Lipinski definition) is 2. The average Bonchev–Trinajstić information content (AvgIpc) is 2.97. The number of aryl methyl sites for hydroxylation is 1. The molecule has 0 radical (unpaired) electrons. The quantitative estimate of drug-likeness (QED) is 0.737. The molecule has 0 atom stereocenters. The Bertz CT molecular complexity index is 738. The molecule has 0 aliphatic carbocycles. The van der Waals surface area contributed by atoms with Gasteiger partial charge in [-0.25, -0.2) is 0 Å². The van der Waals surface area contributed by atoms with Crippen LogP contribution < -0.4 is 24.8 Å². The van der Waals surface area contributed by atoms with Gasteiger partial charge >= 0.3 is 0 Å². The second-order valence-corrected chi connectivity index (χ2v) is 4.83. The van der Waals surface area contributed by atoms with Crippen LogP contribution >= 0.6 is 12.2 Å². The summed E-state index contributed by atoms with van der Waals surface area (Å²) in [5.41, 5.74) is 0.278. The smallest absolute Gasteiger partial charge is 0.269 e. The van der Waals surface area contributed by atoms with E-state index in [0.717, 1.165) is 0 Å². The van der Waals surface area contributed by atoms with Crippen molar-refractivity contribution in [3.8, 4) is 17.2 Å². The number of aromatic nitrogens is 4. The number of hydrogen-bond acceptors (Lipinski definition) is 8. The Morgan fingerprint density at radius 3 is 2.25 bits per heavy atom. The van der Waals surface area contributed by atoms with E-state index in [9.17, 15) is 4.79 Å². The number of nitrogens with zero attached hydrogens (tertiary/aromatic N) is 4. The van der Waals surface area contributed by atoms with E-state index in [1.807, 2.05) is 0 Å². The molecule has 10 nitrogen and oxygen atoms in total. The summed E-state index contributed by atoms with van der Waals surface area (Å²) in [4.78, 5) is 13.6. The molecule has 0 bridgehead atoms. The van der Waals surface area contributed by atoms with Crippen LogP contribution in [-0.4, -0.2) is 52.6 Å². The normalized spacial score (nSPS) is 10.0. The number of nitrogens with one attached hydrogen (secondary N) is 2. The maximum atomic E-state index is 12.3. The minimum atomic E-state index is -0.462. The molecular formula is C13H16N6O4S. The summed E-state index contributed by atoms with van der Waals surface area (Å²) in [7, 11) is 6.01. The van der Waals surface area contributed by atoms with Crippen LogP contribution in [0.3, 0.4) is 0 Å². The van der Waals surface area contributed by atoms with Crippen LogP contribution in [0.15, 0.2) is 12.1 Å². The lowest BCUT2D eigenvalue weighted by molar-refractivity contribution is 0.0977. The highest BCUT2D eigenvalue weighted by Gasteiger charge is 2.18. The first kappa shape index (κ1) is 17.4. The Kier molecular flexibility index (Phi) is 5.47. The Morgan fingerprint density at radius 1 is 1.17 bits per heavy atom. The van der Waals surface area contributed by atoms with Gasteiger partial charge in [-0.2, -0.15) is 4.80 Å². The maximum absolute atomic E-state index is 12.3. The van der Waals surface area contributed by atoms with Crippen LogP contribution in [0.4, 0.5) is 5.95 Å². The van der Waals surface area contributed by atoms with Crippen LogP contribution in [0.5, 0.6) is 17.2 Å². The fraction of sp³-hybridized carbons (Fsp3) is 0.308. The van der Waals surface area contributed by atoms with Crippen LogP contribution in [0.25, 0.3) is 0 Å². The Labute approximate surface area is 143 Å². The van der Waals surface area contributed by atoms with Gasteiger partial charge in [-0.3, -0.25) is 15.4 Å². The largest absolute Gasteiger partial charge is 0.493 e. The first-order chi connectivity index (χ1) is 11.5. The van der Waals surface area contributed by atoms with Gasteiger partial charge in [0.25, 0.3) is 11.9 Å². The van der Waals surface area contributed by atoms with E-state index in [-0.39, 0.29) is 16.6 Å². The molecule has 0 aliphatic rings. The van der Waals surface area contributed by atoms with Crippen LogP contribution in [0.1, 0.15) is 10.4 Å². The van der Waals surface area contributed by atoms with Crippen molar-refractivity contribution < 1.29 is 19.0 Å². The number of anilines is 1. The second kappa shape index (κ2) is 7.55. The summed E-state index contributed by atoms with van der Waals surface area (Å²) in [5.74, 6) is 0.817. The molecule has 1 aromatic carbocycles. The van der Waals surface area contributed by atoms with E-state index in [0.29, 0.717) is 17.2 Å². The van der Waals surface area contributed by atoms with Gasteiger partial charge < -0.3 is 14.2 Å². The van der Waals surface area contributed by atoms with Gasteiger partial charge in [0.2, 0.25) is 5.75 Å². The second-order valence-electron chi connectivity index (χ2n) is 4.42. The monoisotopic (exact) mass is 352 g/mol. The Morgan fingerprint density at radius 2 is 1.79 bits per heavy atom. The van der Waals surface area contributed by atoms with Gasteiger partial charge in [0.05, 0.1) is 28.4 Å². The van der Waals surface area contributed by atoms with Crippen molar-refractivity contribution in [2.45, 2.75) is 0 Å². The molecule has 1 amide bonds. The van der Waals surface area contributed by atoms with Crippen LogP contribution in [0, 0.1) is 0 Å². The van der Waals surface area contributed by atoms with Gasteiger partial charge in [0.1, 0.15) is 0 Å². The molecular weight excluding hydrogens is 336 g/mol. The molecule has 0 unspecified atom stereocenters. The molecule has 11 heteroatoms. The van der Waals surface area contributed by atoms with E-state index >= 15 is 0 Å². The lowest BCUT2D eigenvalue weighted by atomic mass is 10.1. The zero-order valence-corrected chi connectivity index (χ0v) is 14.3. The van der Waals surface area contributed by atoms with Gasteiger partial charge in [-0.1, -0.05) is 5.10 Å². The lowest BCUT2D eigenvalue weighted by Gasteiger charge is -2.14. The molecule has 0 spiro atoms. The minimum absolute atomic E-state index is 0.0294. The SMILES string of the molecule is COc1cc(C(=O)NC(=S)Nc2nnn(C)n2)cc(OC)c1OC. The van der Waals surface area contributed by atoms with E-state index in [4.69, 9.17) is 26.4 Å². The Hall–Kier alpha value is -2.95. The average molecular weight is 352 g/mol. The van der Waals surface area contributed by atoms with E-state index < -0.39 is 5.91 Å². The number of methoxy groups -OCH3 is 3. The molecule has 0 saturated heterocycles. The van der Waals surface area contributed by atoms with Crippen molar-refractivity contribution in [1.82, 2.24) is 25.5 Å². The summed E-state index contributed by atoms with van der Waals surface area (Å²) in [6, 6.07) is 3.03. The summed E-state index contributed by atoms with van der Waals surface area (Å²) < 4.78 is 15.6. The van der Waals surface area contributed by atoms with Gasteiger partial charge in [-0.05, 0) is 29.6 Å². The fourth-order valence-electron chi connectivity index (χ4n) is 1.85. The molecule has 1 aromatic heterocycles. The van der Waals surface area contributed by atoms with Gasteiger partial charge in [-0.15, -0.1) is 5.10 Å². The van der Waals surface area contributed by atoms with Crippen LogP contribution in [0.2, 0.25) is 0 Å². The third kappa shape index (κ3) is 3.87. The summed E-state index contributed by atoms with van der Waals surface area (Å²) in [6.45, 7) is 0.